The van der Waals surface area contributed by atoms with Crippen molar-refractivity contribution in [1.82, 2.24) is 4.90 Å². The number of ether oxygens (including phenoxy) is 1. The van der Waals surface area contributed by atoms with Crippen molar-refractivity contribution in [1.29, 1.82) is 0 Å². The lowest BCUT2D eigenvalue weighted by molar-refractivity contribution is 0.127. The number of methoxy groups -OCH3 is 1. The summed E-state index contributed by atoms with van der Waals surface area (Å²) in [5.41, 5.74) is 0. The van der Waals surface area contributed by atoms with Crippen molar-refractivity contribution in [3.8, 4) is 5.06 Å². The highest BCUT2D eigenvalue weighted by atomic mass is 32.1. The molecule has 1 aromatic rings. The number of aliphatic hydroxyl groups is 1. The second-order valence-corrected chi connectivity index (χ2v) is 5.58. The zero-order valence-corrected chi connectivity index (χ0v) is 10.7. The summed E-state index contributed by atoms with van der Waals surface area (Å²) >= 11 is 1.70. The molecule has 4 heteroatoms. The molecule has 1 fully saturated rings. The summed E-state index contributed by atoms with van der Waals surface area (Å²) in [4.78, 5) is 3.74. The monoisotopic (exact) mass is 241 g/mol. The van der Waals surface area contributed by atoms with Gasteiger partial charge in [-0.3, -0.25) is 4.90 Å². The van der Waals surface area contributed by atoms with Crippen molar-refractivity contribution in [2.24, 2.45) is 5.92 Å². The van der Waals surface area contributed by atoms with E-state index in [4.69, 9.17) is 4.74 Å². The Kier molecular flexibility index (Phi) is 3.84. The van der Waals surface area contributed by atoms with Gasteiger partial charge in [-0.15, -0.1) is 11.3 Å². The van der Waals surface area contributed by atoms with Gasteiger partial charge in [-0.2, -0.15) is 0 Å². The maximum Gasteiger partial charge on any atom is 0.173 e. The normalized spacial score (nSPS) is 23.6. The fourth-order valence-electron chi connectivity index (χ4n) is 2.17. The van der Waals surface area contributed by atoms with Crippen LogP contribution in [-0.4, -0.2) is 36.3 Å². The number of likely N-dealkylation sites (tertiary alicyclic amines) is 1. The van der Waals surface area contributed by atoms with Crippen molar-refractivity contribution in [2.45, 2.75) is 26.0 Å². The molecule has 2 rings (SSSR count). The Balaban J connectivity index is 1.87. The van der Waals surface area contributed by atoms with E-state index in [-0.39, 0.29) is 6.10 Å². The summed E-state index contributed by atoms with van der Waals surface area (Å²) in [5, 5.41) is 10.5. The number of nitrogens with zero attached hydrogens (tertiary/aromatic N) is 1. The molecule has 0 amide bonds. The molecule has 2 unspecified atom stereocenters. The van der Waals surface area contributed by atoms with Gasteiger partial charge in [-0.1, -0.05) is 0 Å². The van der Waals surface area contributed by atoms with Crippen LogP contribution in [0.3, 0.4) is 0 Å². The van der Waals surface area contributed by atoms with Crippen LogP contribution in [0.4, 0.5) is 0 Å². The fourth-order valence-corrected chi connectivity index (χ4v) is 3.03. The van der Waals surface area contributed by atoms with Gasteiger partial charge in [0.15, 0.2) is 5.06 Å². The van der Waals surface area contributed by atoms with Gasteiger partial charge in [0.2, 0.25) is 0 Å². The van der Waals surface area contributed by atoms with Crippen LogP contribution < -0.4 is 4.74 Å². The van der Waals surface area contributed by atoms with Crippen molar-refractivity contribution in [2.75, 3.05) is 20.2 Å². The SMILES string of the molecule is COc1ccc(CN2CCC(C(C)O)C2)s1. The van der Waals surface area contributed by atoms with E-state index in [2.05, 4.69) is 11.0 Å². The second-order valence-electron chi connectivity index (χ2n) is 4.45. The van der Waals surface area contributed by atoms with E-state index in [9.17, 15) is 5.11 Å². The Morgan fingerprint density at radius 1 is 1.62 bits per heavy atom. The van der Waals surface area contributed by atoms with E-state index in [0.717, 1.165) is 31.1 Å². The molecule has 1 saturated heterocycles. The van der Waals surface area contributed by atoms with Gasteiger partial charge in [0.05, 0.1) is 13.2 Å². The molecule has 1 aromatic heterocycles. The van der Waals surface area contributed by atoms with Gasteiger partial charge >= 0.3 is 0 Å². The Hall–Kier alpha value is -0.580. The summed E-state index contributed by atoms with van der Waals surface area (Å²) in [6.45, 7) is 4.98. The molecule has 3 nitrogen and oxygen atoms in total. The topological polar surface area (TPSA) is 32.7 Å². The molecule has 0 radical (unpaired) electrons. The predicted molar refractivity (Wildman–Crippen MR) is 65.9 cm³/mol. The number of rotatable bonds is 4. The van der Waals surface area contributed by atoms with Crippen LogP contribution in [0, 0.1) is 5.92 Å². The number of aliphatic hydroxyl groups excluding tert-OH is 1. The molecule has 1 aliphatic heterocycles. The van der Waals surface area contributed by atoms with Crippen LogP contribution >= 0.6 is 11.3 Å². The standard InChI is InChI=1S/C12H19NO2S/c1-9(14)10-5-6-13(7-10)8-11-3-4-12(15-2)16-11/h3-4,9-10,14H,5-8H2,1-2H3. The lowest BCUT2D eigenvalue weighted by atomic mass is 10.0. The number of thiophene rings is 1. The Labute approximate surface area is 101 Å². The van der Waals surface area contributed by atoms with E-state index in [1.807, 2.05) is 13.0 Å². The molecule has 0 aromatic carbocycles. The molecule has 0 saturated carbocycles. The van der Waals surface area contributed by atoms with Gasteiger partial charge < -0.3 is 9.84 Å². The highest BCUT2D eigenvalue weighted by Crippen LogP contribution is 2.27. The average Bonchev–Trinajstić information content (AvgIpc) is 2.87. The highest BCUT2D eigenvalue weighted by molar-refractivity contribution is 7.13. The van der Waals surface area contributed by atoms with Gasteiger partial charge in [-0.05, 0) is 37.9 Å². The maximum atomic E-state index is 9.53. The van der Waals surface area contributed by atoms with Gasteiger partial charge in [-0.25, -0.2) is 0 Å². The summed E-state index contributed by atoms with van der Waals surface area (Å²) in [6, 6.07) is 4.14. The molecular weight excluding hydrogens is 222 g/mol. The number of hydrogen-bond donors (Lipinski definition) is 1. The minimum absolute atomic E-state index is 0.178. The van der Waals surface area contributed by atoms with Gasteiger partial charge in [0, 0.05) is 18.0 Å². The largest absolute Gasteiger partial charge is 0.487 e. The smallest absolute Gasteiger partial charge is 0.173 e. The van der Waals surface area contributed by atoms with Crippen LogP contribution in [-0.2, 0) is 6.54 Å². The van der Waals surface area contributed by atoms with Crippen LogP contribution in [0.5, 0.6) is 5.06 Å². The molecule has 90 valence electrons. The zero-order chi connectivity index (χ0) is 11.5. The van der Waals surface area contributed by atoms with Gasteiger partial charge in [0.25, 0.3) is 0 Å². The van der Waals surface area contributed by atoms with Gasteiger partial charge in [0.1, 0.15) is 0 Å². The third-order valence-electron chi connectivity index (χ3n) is 3.21. The fraction of sp³-hybridized carbons (Fsp3) is 0.667. The Bertz CT molecular complexity index is 338. The quantitative estimate of drug-likeness (QED) is 0.874. The first kappa shape index (κ1) is 11.9. The molecule has 1 aliphatic rings. The third-order valence-corrected chi connectivity index (χ3v) is 4.24. The van der Waals surface area contributed by atoms with E-state index in [1.54, 1.807) is 18.4 Å². The molecular formula is C12H19NO2S. The maximum absolute atomic E-state index is 9.53. The minimum Gasteiger partial charge on any atom is -0.487 e. The van der Waals surface area contributed by atoms with E-state index >= 15 is 0 Å². The van der Waals surface area contributed by atoms with Crippen molar-refractivity contribution in [3.63, 3.8) is 0 Å². The van der Waals surface area contributed by atoms with Crippen LogP contribution in [0.15, 0.2) is 12.1 Å². The molecule has 1 N–H and O–H groups in total. The summed E-state index contributed by atoms with van der Waals surface area (Å²) in [6.07, 6.45) is 0.933. The van der Waals surface area contributed by atoms with Crippen LogP contribution in [0.25, 0.3) is 0 Å². The van der Waals surface area contributed by atoms with Crippen molar-refractivity contribution in [3.05, 3.63) is 17.0 Å². The Morgan fingerprint density at radius 3 is 3.00 bits per heavy atom. The van der Waals surface area contributed by atoms with Crippen molar-refractivity contribution >= 4 is 11.3 Å². The zero-order valence-electron chi connectivity index (χ0n) is 9.85. The first-order chi connectivity index (χ1) is 7.69. The van der Waals surface area contributed by atoms with E-state index < -0.39 is 0 Å². The first-order valence-corrected chi connectivity index (χ1v) is 6.54. The van der Waals surface area contributed by atoms with E-state index in [0.29, 0.717) is 5.92 Å². The first-order valence-electron chi connectivity index (χ1n) is 5.72. The predicted octanol–water partition coefficient (Wildman–Crippen LogP) is 1.96. The second kappa shape index (κ2) is 5.17. The molecule has 0 spiro atoms. The molecule has 2 heterocycles. The summed E-state index contributed by atoms with van der Waals surface area (Å²) in [5.74, 6) is 0.446. The lowest BCUT2D eigenvalue weighted by Crippen LogP contribution is -2.23. The number of hydrogen-bond acceptors (Lipinski definition) is 4. The highest BCUT2D eigenvalue weighted by Gasteiger charge is 2.25. The molecule has 16 heavy (non-hydrogen) atoms. The molecule has 0 aliphatic carbocycles. The lowest BCUT2D eigenvalue weighted by Gasteiger charge is -2.16. The van der Waals surface area contributed by atoms with Crippen molar-refractivity contribution < 1.29 is 9.84 Å². The van der Waals surface area contributed by atoms with E-state index in [1.165, 1.54) is 4.88 Å². The summed E-state index contributed by atoms with van der Waals surface area (Å²) in [7, 11) is 1.70. The molecule has 2 atom stereocenters. The molecule has 0 bridgehead atoms. The minimum atomic E-state index is -0.178. The Morgan fingerprint density at radius 2 is 2.44 bits per heavy atom. The third kappa shape index (κ3) is 2.75. The average molecular weight is 241 g/mol. The van der Waals surface area contributed by atoms with Crippen LogP contribution in [0.2, 0.25) is 0 Å². The van der Waals surface area contributed by atoms with Crippen LogP contribution in [0.1, 0.15) is 18.2 Å². The summed E-state index contributed by atoms with van der Waals surface area (Å²) < 4.78 is 5.18.